The molecule has 2 N–H and O–H groups in total. The van der Waals surface area contributed by atoms with Gasteiger partial charge >= 0.3 is 12.1 Å². The molecule has 0 aromatic heterocycles. The van der Waals surface area contributed by atoms with Crippen LogP contribution in [0, 0.1) is 0 Å². The average Bonchev–Trinajstić information content (AvgIpc) is 2.59. The van der Waals surface area contributed by atoms with Crippen molar-refractivity contribution in [3.63, 3.8) is 0 Å². The monoisotopic (exact) mass is 358 g/mol. The molecule has 7 nitrogen and oxygen atoms in total. The Hall–Kier alpha value is -1.79. The molecule has 0 saturated carbocycles. The minimum absolute atomic E-state index is 0.300. The normalized spacial score (nSPS) is 12.8. The number of unbranched alkanes of at least 4 members (excludes halogenated alkanes) is 1. The van der Waals surface area contributed by atoms with Crippen molar-refractivity contribution < 1.29 is 23.9 Å². The van der Waals surface area contributed by atoms with Crippen LogP contribution >= 0.6 is 0 Å². The van der Waals surface area contributed by atoms with Gasteiger partial charge < -0.3 is 20.1 Å². The van der Waals surface area contributed by atoms with Crippen LogP contribution in [0.15, 0.2) is 0 Å². The number of hydrogen-bond donors (Lipinski definition) is 2. The van der Waals surface area contributed by atoms with E-state index < -0.39 is 24.1 Å². The number of carbonyl (C=O) groups excluding carboxylic acids is 3. The van der Waals surface area contributed by atoms with Gasteiger partial charge in [0.1, 0.15) is 12.1 Å². The SMILES string of the molecule is CCCCOC(=O)C(CCC)NC(=O)C(CCC)NC(=O)OCCC. The molecule has 2 unspecified atom stereocenters. The Morgan fingerprint density at radius 3 is 1.96 bits per heavy atom. The number of esters is 1. The Labute approximate surface area is 151 Å². The van der Waals surface area contributed by atoms with E-state index in [1.165, 1.54) is 0 Å². The molecule has 0 rings (SSSR count). The second-order valence-corrected chi connectivity index (χ2v) is 5.99. The molecular formula is C18H34N2O5. The maximum atomic E-state index is 12.5. The summed E-state index contributed by atoms with van der Waals surface area (Å²) in [5, 5.41) is 5.27. The number of rotatable bonds is 13. The van der Waals surface area contributed by atoms with Crippen molar-refractivity contribution in [1.29, 1.82) is 0 Å². The number of nitrogens with one attached hydrogen (secondary N) is 2. The summed E-state index contributed by atoms with van der Waals surface area (Å²) in [7, 11) is 0. The van der Waals surface area contributed by atoms with Gasteiger partial charge in [-0.2, -0.15) is 0 Å². The third-order valence-electron chi connectivity index (χ3n) is 3.54. The lowest BCUT2D eigenvalue weighted by atomic mass is 10.1. The molecule has 0 aliphatic carbocycles. The molecule has 0 aliphatic rings. The molecule has 0 fully saturated rings. The van der Waals surface area contributed by atoms with Crippen LogP contribution in [0.2, 0.25) is 0 Å². The molecule has 0 saturated heterocycles. The van der Waals surface area contributed by atoms with Crippen LogP contribution < -0.4 is 10.6 Å². The van der Waals surface area contributed by atoms with Crippen molar-refractivity contribution in [3.8, 4) is 0 Å². The topological polar surface area (TPSA) is 93.7 Å². The molecule has 0 aromatic carbocycles. The van der Waals surface area contributed by atoms with Gasteiger partial charge in [0.2, 0.25) is 5.91 Å². The van der Waals surface area contributed by atoms with Gasteiger partial charge in [-0.1, -0.05) is 47.0 Å². The highest BCUT2D eigenvalue weighted by molar-refractivity contribution is 5.89. The first-order chi connectivity index (χ1) is 12.0. The fourth-order valence-electron chi connectivity index (χ4n) is 2.16. The predicted molar refractivity (Wildman–Crippen MR) is 96.2 cm³/mol. The summed E-state index contributed by atoms with van der Waals surface area (Å²) in [6.45, 7) is 8.41. The van der Waals surface area contributed by atoms with E-state index in [1.807, 2.05) is 27.7 Å². The Morgan fingerprint density at radius 2 is 1.40 bits per heavy atom. The van der Waals surface area contributed by atoms with E-state index in [4.69, 9.17) is 9.47 Å². The minimum Gasteiger partial charge on any atom is -0.464 e. The van der Waals surface area contributed by atoms with Gasteiger partial charge in [-0.25, -0.2) is 9.59 Å². The zero-order valence-electron chi connectivity index (χ0n) is 16.1. The third kappa shape index (κ3) is 10.6. The van der Waals surface area contributed by atoms with Crippen molar-refractivity contribution in [2.75, 3.05) is 13.2 Å². The van der Waals surface area contributed by atoms with Crippen molar-refractivity contribution in [2.45, 2.75) is 84.7 Å². The first kappa shape index (κ1) is 23.2. The van der Waals surface area contributed by atoms with Crippen molar-refractivity contribution >= 4 is 18.0 Å². The highest BCUT2D eigenvalue weighted by atomic mass is 16.5. The molecule has 0 bridgehead atoms. The molecule has 7 heteroatoms. The van der Waals surface area contributed by atoms with Gasteiger partial charge in [0.05, 0.1) is 13.2 Å². The lowest BCUT2D eigenvalue weighted by molar-refractivity contribution is -0.148. The summed E-state index contributed by atoms with van der Waals surface area (Å²) >= 11 is 0. The Kier molecular flexibility index (Phi) is 13.5. The molecule has 2 atom stereocenters. The van der Waals surface area contributed by atoms with E-state index >= 15 is 0 Å². The zero-order valence-corrected chi connectivity index (χ0v) is 16.1. The van der Waals surface area contributed by atoms with Gasteiger partial charge in [0, 0.05) is 0 Å². The van der Waals surface area contributed by atoms with Crippen molar-refractivity contribution in [2.24, 2.45) is 0 Å². The molecule has 146 valence electrons. The van der Waals surface area contributed by atoms with Gasteiger partial charge in [-0.05, 0) is 25.7 Å². The molecule has 0 radical (unpaired) electrons. The Morgan fingerprint density at radius 1 is 0.760 bits per heavy atom. The Balaban J connectivity index is 4.72. The first-order valence-corrected chi connectivity index (χ1v) is 9.40. The molecular weight excluding hydrogens is 324 g/mol. The van der Waals surface area contributed by atoms with Crippen LogP contribution in [0.3, 0.4) is 0 Å². The van der Waals surface area contributed by atoms with Gasteiger partial charge in [0.15, 0.2) is 0 Å². The molecule has 0 aromatic rings. The number of hydrogen-bond acceptors (Lipinski definition) is 5. The standard InChI is InChI=1S/C18H34N2O5/c1-5-9-13-24-17(22)15(11-7-3)19-16(21)14(10-6-2)20-18(23)25-12-8-4/h14-15H,5-13H2,1-4H3,(H,19,21)(H,20,23). The summed E-state index contributed by atoms with van der Waals surface area (Å²) in [6, 6.07) is -1.42. The molecule has 25 heavy (non-hydrogen) atoms. The summed E-state index contributed by atoms with van der Waals surface area (Å²) in [5.74, 6) is -0.811. The van der Waals surface area contributed by atoms with Gasteiger partial charge in [-0.15, -0.1) is 0 Å². The summed E-state index contributed by atoms with van der Waals surface area (Å²) < 4.78 is 10.2. The predicted octanol–water partition coefficient (Wildman–Crippen LogP) is 2.92. The highest BCUT2D eigenvalue weighted by Gasteiger charge is 2.27. The fraction of sp³-hybridized carbons (Fsp3) is 0.833. The Bertz CT molecular complexity index is 401. The molecule has 0 heterocycles. The van der Waals surface area contributed by atoms with E-state index in [0.717, 1.165) is 19.3 Å². The van der Waals surface area contributed by atoms with E-state index in [1.54, 1.807) is 0 Å². The molecule has 0 spiro atoms. The maximum absolute atomic E-state index is 12.5. The fourth-order valence-corrected chi connectivity index (χ4v) is 2.16. The maximum Gasteiger partial charge on any atom is 0.407 e. The quantitative estimate of drug-likeness (QED) is 0.390. The lowest BCUT2D eigenvalue weighted by Crippen LogP contribution is -2.52. The van der Waals surface area contributed by atoms with Crippen LogP contribution in [0.5, 0.6) is 0 Å². The van der Waals surface area contributed by atoms with E-state index in [2.05, 4.69) is 10.6 Å². The second kappa shape index (κ2) is 14.5. The second-order valence-electron chi connectivity index (χ2n) is 5.99. The largest absolute Gasteiger partial charge is 0.464 e. The van der Waals surface area contributed by atoms with Crippen LogP contribution in [-0.4, -0.2) is 43.3 Å². The average molecular weight is 358 g/mol. The summed E-state index contributed by atoms with van der Waals surface area (Å²) in [6.07, 6.45) is 4.23. The lowest BCUT2D eigenvalue weighted by Gasteiger charge is -2.22. The van der Waals surface area contributed by atoms with Crippen LogP contribution in [-0.2, 0) is 19.1 Å². The number of amides is 2. The zero-order chi connectivity index (χ0) is 19.1. The minimum atomic E-state index is -0.725. The van der Waals surface area contributed by atoms with Crippen LogP contribution in [0.1, 0.15) is 72.6 Å². The van der Waals surface area contributed by atoms with E-state index in [-0.39, 0.29) is 5.91 Å². The van der Waals surface area contributed by atoms with Crippen molar-refractivity contribution in [3.05, 3.63) is 0 Å². The van der Waals surface area contributed by atoms with Gasteiger partial charge in [-0.3, -0.25) is 4.79 Å². The highest BCUT2D eigenvalue weighted by Crippen LogP contribution is 2.04. The number of alkyl carbamates (subject to hydrolysis) is 1. The van der Waals surface area contributed by atoms with E-state index in [0.29, 0.717) is 38.9 Å². The summed E-state index contributed by atoms with van der Waals surface area (Å²) in [4.78, 5) is 36.3. The number of ether oxygens (including phenoxy) is 2. The molecule has 2 amide bonds. The van der Waals surface area contributed by atoms with Crippen LogP contribution in [0.25, 0.3) is 0 Å². The van der Waals surface area contributed by atoms with Gasteiger partial charge in [0.25, 0.3) is 0 Å². The molecule has 0 aliphatic heterocycles. The summed E-state index contributed by atoms with van der Waals surface area (Å²) in [5.41, 5.74) is 0. The first-order valence-electron chi connectivity index (χ1n) is 9.40. The third-order valence-corrected chi connectivity index (χ3v) is 3.54. The van der Waals surface area contributed by atoms with Crippen molar-refractivity contribution in [1.82, 2.24) is 10.6 Å². The van der Waals surface area contributed by atoms with E-state index in [9.17, 15) is 14.4 Å². The smallest absolute Gasteiger partial charge is 0.407 e. The number of carbonyl (C=O) groups is 3. The van der Waals surface area contributed by atoms with Crippen LogP contribution in [0.4, 0.5) is 4.79 Å².